The summed E-state index contributed by atoms with van der Waals surface area (Å²) in [5.74, 6) is 1.74. The highest BCUT2D eigenvalue weighted by Crippen LogP contribution is 2.23. The molecule has 1 aromatic carbocycles. The number of aromatic nitrogens is 2. The lowest BCUT2D eigenvalue weighted by Gasteiger charge is -2.07. The number of rotatable bonds is 3. The Hall–Kier alpha value is -2.33. The fourth-order valence-electron chi connectivity index (χ4n) is 2.22. The maximum atomic E-state index is 5.80. The van der Waals surface area contributed by atoms with Crippen LogP contribution >= 0.6 is 0 Å². The molecule has 96 valence electrons. The van der Waals surface area contributed by atoms with Crippen molar-refractivity contribution in [2.75, 3.05) is 7.11 Å². The summed E-state index contributed by atoms with van der Waals surface area (Å²) in [6.07, 6.45) is 1.86. The largest absolute Gasteiger partial charge is 0.497 e. The summed E-state index contributed by atoms with van der Waals surface area (Å²) in [6, 6.07) is 13.9. The molecular formula is C15H15N3O. The van der Waals surface area contributed by atoms with E-state index in [1.165, 1.54) is 0 Å². The minimum Gasteiger partial charge on any atom is -0.497 e. The van der Waals surface area contributed by atoms with Crippen LogP contribution in [-0.2, 0) is 6.54 Å². The maximum absolute atomic E-state index is 5.80. The monoisotopic (exact) mass is 253 g/mol. The van der Waals surface area contributed by atoms with E-state index >= 15 is 0 Å². The first kappa shape index (κ1) is 11.7. The quantitative estimate of drug-likeness (QED) is 0.780. The van der Waals surface area contributed by atoms with Crippen LogP contribution in [-0.4, -0.2) is 16.5 Å². The molecule has 0 spiro atoms. The van der Waals surface area contributed by atoms with Gasteiger partial charge in [0.1, 0.15) is 11.6 Å². The van der Waals surface area contributed by atoms with Crippen LogP contribution in [0.3, 0.4) is 0 Å². The molecule has 0 bridgehead atoms. The van der Waals surface area contributed by atoms with E-state index in [0.717, 1.165) is 28.3 Å². The van der Waals surface area contributed by atoms with Gasteiger partial charge in [-0.05, 0) is 36.4 Å². The van der Waals surface area contributed by atoms with Gasteiger partial charge in [-0.1, -0.05) is 6.07 Å². The molecule has 0 atom stereocenters. The van der Waals surface area contributed by atoms with Crippen LogP contribution in [0.25, 0.3) is 16.9 Å². The zero-order valence-electron chi connectivity index (χ0n) is 10.7. The van der Waals surface area contributed by atoms with Crippen LogP contribution in [0.4, 0.5) is 0 Å². The van der Waals surface area contributed by atoms with Gasteiger partial charge in [-0.25, -0.2) is 4.98 Å². The second kappa shape index (κ2) is 4.74. The highest BCUT2D eigenvalue weighted by atomic mass is 16.5. The maximum Gasteiger partial charge on any atom is 0.144 e. The van der Waals surface area contributed by atoms with Gasteiger partial charge in [0.05, 0.1) is 18.8 Å². The number of hydrogen-bond donors (Lipinski definition) is 1. The molecule has 2 aromatic heterocycles. The molecule has 2 N–H and O–H groups in total. The molecule has 0 unspecified atom stereocenters. The van der Waals surface area contributed by atoms with Crippen molar-refractivity contribution in [1.82, 2.24) is 9.38 Å². The van der Waals surface area contributed by atoms with Gasteiger partial charge >= 0.3 is 0 Å². The number of fused-ring (bicyclic) bond motifs is 1. The molecule has 2 heterocycles. The van der Waals surface area contributed by atoms with Crippen molar-refractivity contribution in [3.63, 3.8) is 0 Å². The van der Waals surface area contributed by atoms with Crippen LogP contribution < -0.4 is 10.5 Å². The second-order valence-electron chi connectivity index (χ2n) is 4.29. The second-order valence-corrected chi connectivity index (χ2v) is 4.29. The molecule has 0 amide bonds. The van der Waals surface area contributed by atoms with E-state index in [2.05, 4.69) is 9.38 Å². The van der Waals surface area contributed by atoms with Gasteiger partial charge in [-0.2, -0.15) is 0 Å². The zero-order chi connectivity index (χ0) is 13.2. The summed E-state index contributed by atoms with van der Waals surface area (Å²) in [7, 11) is 1.66. The van der Waals surface area contributed by atoms with Crippen LogP contribution in [0.15, 0.2) is 48.7 Å². The average molecular weight is 253 g/mol. The van der Waals surface area contributed by atoms with Crippen molar-refractivity contribution in [3.05, 3.63) is 54.4 Å². The molecule has 0 radical (unpaired) electrons. The molecule has 4 nitrogen and oxygen atoms in total. The Morgan fingerprint density at radius 2 is 1.95 bits per heavy atom. The third kappa shape index (κ3) is 1.96. The molecule has 3 aromatic rings. The minimum atomic E-state index is 0.483. The van der Waals surface area contributed by atoms with E-state index in [9.17, 15) is 0 Å². The van der Waals surface area contributed by atoms with Crippen LogP contribution in [0.2, 0.25) is 0 Å². The van der Waals surface area contributed by atoms with E-state index in [0.29, 0.717) is 6.54 Å². The fourth-order valence-corrected chi connectivity index (χ4v) is 2.22. The first-order valence-corrected chi connectivity index (χ1v) is 6.13. The van der Waals surface area contributed by atoms with Gasteiger partial charge in [0.25, 0.3) is 0 Å². The number of ether oxygens (including phenoxy) is 1. The summed E-state index contributed by atoms with van der Waals surface area (Å²) in [6.45, 7) is 0.483. The van der Waals surface area contributed by atoms with Gasteiger partial charge in [0, 0.05) is 17.8 Å². The Morgan fingerprint density at radius 1 is 1.16 bits per heavy atom. The number of hydrogen-bond acceptors (Lipinski definition) is 3. The molecule has 0 aliphatic heterocycles. The number of benzene rings is 1. The third-order valence-corrected chi connectivity index (χ3v) is 3.19. The molecule has 4 heteroatoms. The molecular weight excluding hydrogens is 238 g/mol. The molecule has 0 saturated heterocycles. The number of methoxy groups -OCH3 is 1. The molecule has 0 saturated carbocycles. The van der Waals surface area contributed by atoms with Gasteiger partial charge < -0.3 is 10.5 Å². The van der Waals surface area contributed by atoms with Crippen molar-refractivity contribution in [2.24, 2.45) is 5.73 Å². The van der Waals surface area contributed by atoms with E-state index in [-0.39, 0.29) is 0 Å². The predicted octanol–water partition coefficient (Wildman–Crippen LogP) is 2.47. The number of nitrogens with zero attached hydrogens (tertiary/aromatic N) is 2. The van der Waals surface area contributed by atoms with E-state index in [4.69, 9.17) is 10.5 Å². The van der Waals surface area contributed by atoms with Gasteiger partial charge in [-0.15, -0.1) is 0 Å². The minimum absolute atomic E-state index is 0.483. The Bertz CT molecular complexity index is 701. The van der Waals surface area contributed by atoms with E-state index in [1.807, 2.05) is 48.7 Å². The zero-order valence-corrected chi connectivity index (χ0v) is 10.7. The lowest BCUT2D eigenvalue weighted by atomic mass is 10.2. The molecule has 0 aliphatic rings. The number of pyridine rings is 1. The molecule has 19 heavy (non-hydrogen) atoms. The Kier molecular flexibility index (Phi) is 2.93. The van der Waals surface area contributed by atoms with Crippen molar-refractivity contribution >= 4 is 5.52 Å². The van der Waals surface area contributed by atoms with Crippen LogP contribution in [0.5, 0.6) is 5.75 Å². The molecule has 0 aliphatic carbocycles. The van der Waals surface area contributed by atoms with Gasteiger partial charge in [0.2, 0.25) is 0 Å². The summed E-state index contributed by atoms with van der Waals surface area (Å²) >= 11 is 0. The Balaban J connectivity index is 2.18. The van der Waals surface area contributed by atoms with Crippen LogP contribution in [0, 0.1) is 0 Å². The van der Waals surface area contributed by atoms with Crippen LogP contribution in [0.1, 0.15) is 5.69 Å². The predicted molar refractivity (Wildman–Crippen MR) is 75.1 cm³/mol. The topological polar surface area (TPSA) is 52.5 Å². The van der Waals surface area contributed by atoms with Gasteiger partial charge in [0.15, 0.2) is 0 Å². The summed E-state index contributed by atoms with van der Waals surface area (Å²) in [5.41, 5.74) is 8.93. The fraction of sp³-hybridized carbons (Fsp3) is 0.133. The van der Waals surface area contributed by atoms with Crippen molar-refractivity contribution in [3.8, 4) is 17.1 Å². The summed E-state index contributed by atoms with van der Waals surface area (Å²) < 4.78 is 7.26. The van der Waals surface area contributed by atoms with Crippen molar-refractivity contribution < 1.29 is 4.74 Å². The summed E-state index contributed by atoms with van der Waals surface area (Å²) in [4.78, 5) is 4.50. The number of imidazole rings is 1. The lowest BCUT2D eigenvalue weighted by molar-refractivity contribution is 0.415. The Morgan fingerprint density at radius 3 is 2.63 bits per heavy atom. The van der Waals surface area contributed by atoms with Crippen molar-refractivity contribution in [1.29, 1.82) is 0 Å². The Labute approximate surface area is 111 Å². The highest BCUT2D eigenvalue weighted by molar-refractivity contribution is 5.63. The molecule has 3 rings (SSSR count). The third-order valence-electron chi connectivity index (χ3n) is 3.19. The lowest BCUT2D eigenvalue weighted by Crippen LogP contribution is -2.04. The first-order chi connectivity index (χ1) is 9.33. The first-order valence-electron chi connectivity index (χ1n) is 6.13. The average Bonchev–Trinajstić information content (AvgIpc) is 2.91. The van der Waals surface area contributed by atoms with E-state index in [1.54, 1.807) is 7.11 Å². The van der Waals surface area contributed by atoms with E-state index < -0.39 is 0 Å². The highest BCUT2D eigenvalue weighted by Gasteiger charge is 2.09. The standard InChI is InChI=1S/C15H15N3O/c1-19-14-7-5-11(6-8-14)15-17-10-13-4-2-3-12(9-16)18(13)15/h2-8,10H,9,16H2,1H3. The smallest absolute Gasteiger partial charge is 0.144 e. The molecule has 0 fully saturated rings. The SMILES string of the molecule is COc1ccc(-c2ncc3cccc(CN)n23)cc1. The number of nitrogens with two attached hydrogens (primary N) is 1. The van der Waals surface area contributed by atoms with Gasteiger partial charge in [-0.3, -0.25) is 4.40 Å². The summed E-state index contributed by atoms with van der Waals surface area (Å²) in [5, 5.41) is 0. The normalized spacial score (nSPS) is 10.8. The van der Waals surface area contributed by atoms with Crippen molar-refractivity contribution in [2.45, 2.75) is 6.54 Å².